The van der Waals surface area contributed by atoms with Gasteiger partial charge in [-0.15, -0.1) is 0 Å². The number of aromatic amines is 1. The van der Waals surface area contributed by atoms with Crippen LogP contribution < -0.4 is 5.32 Å². The minimum absolute atomic E-state index is 0.00816. The van der Waals surface area contributed by atoms with Crippen LogP contribution in [0.1, 0.15) is 18.9 Å². The second kappa shape index (κ2) is 5.30. The third-order valence-electron chi connectivity index (χ3n) is 2.42. The first-order valence-corrected chi connectivity index (χ1v) is 5.60. The average Bonchev–Trinajstić information content (AvgIpc) is 2.75. The SMILES string of the molecule is CC(=O)NCCC=Cc1cnc2[nH]ccc2c1. The van der Waals surface area contributed by atoms with Crippen molar-refractivity contribution in [1.82, 2.24) is 15.3 Å². The van der Waals surface area contributed by atoms with Gasteiger partial charge in [0.1, 0.15) is 5.65 Å². The molecule has 1 amide bonds. The molecule has 0 atom stereocenters. The molecule has 0 aliphatic heterocycles. The highest BCUT2D eigenvalue weighted by Gasteiger charge is 1.95. The number of nitrogens with zero attached hydrogens (tertiary/aromatic N) is 1. The molecular weight excluding hydrogens is 214 g/mol. The predicted molar refractivity (Wildman–Crippen MR) is 68.4 cm³/mol. The Morgan fingerprint density at radius 1 is 1.59 bits per heavy atom. The summed E-state index contributed by atoms with van der Waals surface area (Å²) in [5.41, 5.74) is 1.97. The van der Waals surface area contributed by atoms with Crippen molar-refractivity contribution in [3.63, 3.8) is 0 Å². The second-order valence-corrected chi connectivity index (χ2v) is 3.86. The van der Waals surface area contributed by atoms with Crippen LogP contribution in [0.5, 0.6) is 0 Å². The molecule has 0 unspecified atom stereocenters. The molecule has 2 rings (SSSR count). The molecule has 0 aliphatic rings. The topological polar surface area (TPSA) is 57.8 Å². The van der Waals surface area contributed by atoms with E-state index < -0.39 is 0 Å². The summed E-state index contributed by atoms with van der Waals surface area (Å²) in [4.78, 5) is 18.0. The van der Waals surface area contributed by atoms with Crippen LogP contribution in [-0.2, 0) is 4.79 Å². The molecule has 2 aromatic rings. The van der Waals surface area contributed by atoms with Crippen LogP contribution in [0.25, 0.3) is 17.1 Å². The van der Waals surface area contributed by atoms with E-state index in [1.165, 1.54) is 6.92 Å². The Hall–Kier alpha value is -2.10. The van der Waals surface area contributed by atoms with Gasteiger partial charge in [-0.1, -0.05) is 12.2 Å². The zero-order valence-corrected chi connectivity index (χ0v) is 9.73. The summed E-state index contributed by atoms with van der Waals surface area (Å²) in [5, 5.41) is 3.85. The highest BCUT2D eigenvalue weighted by molar-refractivity contribution is 5.77. The lowest BCUT2D eigenvalue weighted by atomic mass is 10.2. The number of amides is 1. The van der Waals surface area contributed by atoms with Crippen LogP contribution in [0.3, 0.4) is 0 Å². The Kier molecular flexibility index (Phi) is 3.55. The quantitative estimate of drug-likeness (QED) is 0.789. The first-order chi connectivity index (χ1) is 8.25. The number of hydrogen-bond donors (Lipinski definition) is 2. The van der Waals surface area contributed by atoms with Crippen molar-refractivity contribution in [3.05, 3.63) is 36.2 Å². The molecular formula is C13H15N3O. The monoisotopic (exact) mass is 229 g/mol. The Bertz CT molecular complexity index is 542. The molecule has 2 aromatic heterocycles. The number of aromatic nitrogens is 2. The third-order valence-corrected chi connectivity index (χ3v) is 2.42. The maximum absolute atomic E-state index is 10.6. The highest BCUT2D eigenvalue weighted by atomic mass is 16.1. The van der Waals surface area contributed by atoms with E-state index in [1.807, 2.05) is 30.6 Å². The smallest absolute Gasteiger partial charge is 0.216 e. The Morgan fingerprint density at radius 3 is 3.29 bits per heavy atom. The van der Waals surface area contributed by atoms with Gasteiger partial charge in [0.15, 0.2) is 0 Å². The zero-order chi connectivity index (χ0) is 12.1. The molecule has 0 saturated heterocycles. The predicted octanol–water partition coefficient (Wildman–Crippen LogP) is 2.10. The molecule has 0 bridgehead atoms. The summed E-state index contributed by atoms with van der Waals surface area (Å²) in [5.74, 6) is 0.00816. The number of carbonyl (C=O) groups excluding carboxylic acids is 1. The van der Waals surface area contributed by atoms with Crippen molar-refractivity contribution in [2.75, 3.05) is 6.54 Å². The number of fused-ring (bicyclic) bond motifs is 1. The normalized spacial score (nSPS) is 11.1. The van der Waals surface area contributed by atoms with Crippen LogP contribution >= 0.6 is 0 Å². The van der Waals surface area contributed by atoms with Crippen LogP contribution in [0, 0.1) is 0 Å². The molecule has 0 spiro atoms. The van der Waals surface area contributed by atoms with Crippen molar-refractivity contribution in [3.8, 4) is 0 Å². The summed E-state index contributed by atoms with van der Waals surface area (Å²) in [6.07, 6.45) is 8.58. The lowest BCUT2D eigenvalue weighted by molar-refractivity contribution is -0.118. The van der Waals surface area contributed by atoms with E-state index in [4.69, 9.17) is 0 Å². The number of rotatable bonds is 4. The van der Waals surface area contributed by atoms with Gasteiger partial charge in [0.2, 0.25) is 5.91 Å². The fourth-order valence-electron chi connectivity index (χ4n) is 1.60. The maximum atomic E-state index is 10.6. The first kappa shape index (κ1) is 11.4. The van der Waals surface area contributed by atoms with Gasteiger partial charge in [0.05, 0.1) is 0 Å². The minimum atomic E-state index is 0.00816. The van der Waals surface area contributed by atoms with Crippen LogP contribution in [0.2, 0.25) is 0 Å². The highest BCUT2D eigenvalue weighted by Crippen LogP contribution is 2.12. The van der Waals surface area contributed by atoms with Crippen molar-refractivity contribution in [1.29, 1.82) is 0 Å². The number of pyridine rings is 1. The number of carbonyl (C=O) groups is 1. The largest absolute Gasteiger partial charge is 0.356 e. The van der Waals surface area contributed by atoms with E-state index >= 15 is 0 Å². The summed E-state index contributed by atoms with van der Waals surface area (Å²) in [7, 11) is 0. The van der Waals surface area contributed by atoms with E-state index in [2.05, 4.69) is 21.4 Å². The van der Waals surface area contributed by atoms with Crippen LogP contribution in [-0.4, -0.2) is 22.4 Å². The summed E-state index contributed by atoms with van der Waals surface area (Å²) in [6.45, 7) is 2.19. The van der Waals surface area contributed by atoms with Crippen molar-refractivity contribution in [2.45, 2.75) is 13.3 Å². The van der Waals surface area contributed by atoms with E-state index in [1.54, 1.807) is 0 Å². The van der Waals surface area contributed by atoms with Gasteiger partial charge in [-0.2, -0.15) is 0 Å². The van der Waals surface area contributed by atoms with Crippen molar-refractivity contribution in [2.24, 2.45) is 0 Å². The molecule has 0 radical (unpaired) electrons. The van der Waals surface area contributed by atoms with Gasteiger partial charge in [-0.25, -0.2) is 4.98 Å². The molecule has 17 heavy (non-hydrogen) atoms. The fourth-order valence-corrected chi connectivity index (χ4v) is 1.60. The Labute approximate surface area is 99.8 Å². The Balaban J connectivity index is 1.93. The van der Waals surface area contributed by atoms with Crippen LogP contribution in [0.4, 0.5) is 0 Å². The van der Waals surface area contributed by atoms with Crippen LogP contribution in [0.15, 0.2) is 30.6 Å². The molecule has 88 valence electrons. The first-order valence-electron chi connectivity index (χ1n) is 5.60. The van der Waals surface area contributed by atoms with E-state index in [0.717, 1.165) is 23.0 Å². The molecule has 4 nitrogen and oxygen atoms in total. The lowest BCUT2D eigenvalue weighted by Crippen LogP contribution is -2.20. The van der Waals surface area contributed by atoms with E-state index in [9.17, 15) is 4.79 Å². The Morgan fingerprint density at radius 2 is 2.47 bits per heavy atom. The number of nitrogens with one attached hydrogen (secondary N) is 2. The average molecular weight is 229 g/mol. The minimum Gasteiger partial charge on any atom is -0.356 e. The standard InChI is InChI=1S/C13H15N3O/c1-10(17)14-6-3-2-4-11-8-12-5-7-15-13(12)16-9-11/h2,4-5,7-9H,3,6H2,1H3,(H,14,17)(H,15,16). The molecule has 2 N–H and O–H groups in total. The van der Waals surface area contributed by atoms with Crippen molar-refractivity contribution >= 4 is 23.0 Å². The summed E-state index contributed by atoms with van der Waals surface area (Å²) < 4.78 is 0. The van der Waals surface area contributed by atoms with Gasteiger partial charge < -0.3 is 10.3 Å². The fraction of sp³-hybridized carbons (Fsp3) is 0.231. The van der Waals surface area contributed by atoms with E-state index in [0.29, 0.717) is 6.54 Å². The molecule has 2 heterocycles. The molecule has 0 aliphatic carbocycles. The van der Waals surface area contributed by atoms with Crippen molar-refractivity contribution < 1.29 is 4.79 Å². The van der Waals surface area contributed by atoms with E-state index in [-0.39, 0.29) is 5.91 Å². The zero-order valence-electron chi connectivity index (χ0n) is 9.73. The lowest BCUT2D eigenvalue weighted by Gasteiger charge is -1.97. The van der Waals surface area contributed by atoms with Gasteiger partial charge in [-0.05, 0) is 24.1 Å². The summed E-state index contributed by atoms with van der Waals surface area (Å²) in [6, 6.07) is 4.07. The molecule has 0 saturated carbocycles. The number of H-pyrrole nitrogens is 1. The van der Waals surface area contributed by atoms with Gasteiger partial charge in [0, 0.05) is 31.2 Å². The molecule has 0 aromatic carbocycles. The molecule has 0 fully saturated rings. The second-order valence-electron chi connectivity index (χ2n) is 3.86. The third kappa shape index (κ3) is 3.17. The molecule has 4 heteroatoms. The van der Waals surface area contributed by atoms with Gasteiger partial charge in [-0.3, -0.25) is 4.79 Å². The summed E-state index contributed by atoms with van der Waals surface area (Å²) >= 11 is 0. The van der Waals surface area contributed by atoms with Gasteiger partial charge in [0.25, 0.3) is 0 Å². The number of hydrogen-bond acceptors (Lipinski definition) is 2. The van der Waals surface area contributed by atoms with Gasteiger partial charge >= 0.3 is 0 Å². The maximum Gasteiger partial charge on any atom is 0.216 e.